The van der Waals surface area contributed by atoms with Crippen molar-refractivity contribution in [3.05, 3.63) is 23.9 Å². The van der Waals surface area contributed by atoms with Gasteiger partial charge in [0.2, 0.25) is 17.7 Å². The number of nitrogens with zero attached hydrogens (tertiary/aromatic N) is 1. The summed E-state index contributed by atoms with van der Waals surface area (Å²) in [6, 6.07) is 2.47. The molecule has 2 saturated carbocycles. The standard InChI is InChI=1S/C19H23F5N2O3/c20-18(21)6-4-17(28,5-7-18)10-14(27)26-16(12-1-2-12)13-3-8-25-15(9-13)29-11-19(22,23)24/h3,8-9,12,16,28H,1-2,4-7,10-11H2,(H,26,27). The molecule has 1 aromatic heterocycles. The number of nitrogens with one attached hydrogen (secondary N) is 1. The lowest BCUT2D eigenvalue weighted by Crippen LogP contribution is -2.43. The van der Waals surface area contributed by atoms with Crippen LogP contribution in [0.3, 0.4) is 0 Å². The minimum Gasteiger partial charge on any atom is -0.468 e. The molecule has 1 atom stereocenters. The van der Waals surface area contributed by atoms with Gasteiger partial charge in [-0.05, 0) is 43.2 Å². The zero-order valence-electron chi connectivity index (χ0n) is 15.6. The molecule has 1 aromatic rings. The lowest BCUT2D eigenvalue weighted by Gasteiger charge is -2.35. The Morgan fingerprint density at radius 3 is 2.52 bits per heavy atom. The summed E-state index contributed by atoms with van der Waals surface area (Å²) in [5, 5.41) is 13.3. The number of pyridine rings is 1. The molecule has 0 aliphatic heterocycles. The highest BCUT2D eigenvalue weighted by molar-refractivity contribution is 5.77. The Morgan fingerprint density at radius 1 is 1.28 bits per heavy atom. The average molecular weight is 422 g/mol. The number of carbonyl (C=O) groups excluding carboxylic acids is 1. The van der Waals surface area contributed by atoms with Crippen LogP contribution in [-0.2, 0) is 4.79 Å². The molecule has 0 spiro atoms. The van der Waals surface area contributed by atoms with Crippen LogP contribution in [0.25, 0.3) is 0 Å². The van der Waals surface area contributed by atoms with Gasteiger partial charge in [0.05, 0.1) is 18.1 Å². The lowest BCUT2D eigenvalue weighted by atomic mass is 9.80. The maximum atomic E-state index is 13.3. The topological polar surface area (TPSA) is 71.5 Å². The van der Waals surface area contributed by atoms with Gasteiger partial charge in [-0.1, -0.05) is 0 Å². The second-order valence-electron chi connectivity index (χ2n) is 7.97. The van der Waals surface area contributed by atoms with Crippen molar-refractivity contribution >= 4 is 5.91 Å². The summed E-state index contributed by atoms with van der Waals surface area (Å²) < 4.78 is 68.3. The van der Waals surface area contributed by atoms with E-state index in [2.05, 4.69) is 15.0 Å². The Labute approximate surface area is 164 Å². The number of aliphatic hydroxyl groups is 1. The molecule has 1 heterocycles. The molecule has 0 bridgehead atoms. The van der Waals surface area contributed by atoms with Crippen molar-refractivity contribution in [1.29, 1.82) is 0 Å². The van der Waals surface area contributed by atoms with Crippen LogP contribution in [0.15, 0.2) is 18.3 Å². The Morgan fingerprint density at radius 2 is 1.93 bits per heavy atom. The number of alkyl halides is 5. The van der Waals surface area contributed by atoms with E-state index in [0.29, 0.717) is 5.56 Å². The van der Waals surface area contributed by atoms with Crippen LogP contribution in [0.5, 0.6) is 5.88 Å². The molecule has 1 unspecified atom stereocenters. The number of aromatic nitrogens is 1. The van der Waals surface area contributed by atoms with Gasteiger partial charge in [0.1, 0.15) is 0 Å². The highest BCUT2D eigenvalue weighted by atomic mass is 19.4. The molecule has 162 valence electrons. The summed E-state index contributed by atoms with van der Waals surface area (Å²) in [4.78, 5) is 16.2. The average Bonchev–Trinajstić information content (AvgIpc) is 3.46. The van der Waals surface area contributed by atoms with Gasteiger partial charge in [0.15, 0.2) is 6.61 Å². The molecule has 0 saturated heterocycles. The fourth-order valence-corrected chi connectivity index (χ4v) is 3.54. The molecule has 2 fully saturated rings. The normalized spacial score (nSPS) is 22.0. The minimum absolute atomic E-state index is 0.113. The van der Waals surface area contributed by atoms with Crippen LogP contribution >= 0.6 is 0 Å². The zero-order chi connectivity index (χ0) is 21.3. The molecular weight excluding hydrogens is 399 g/mol. The Hall–Kier alpha value is -1.97. The summed E-state index contributed by atoms with van der Waals surface area (Å²) in [5.41, 5.74) is -0.922. The van der Waals surface area contributed by atoms with Crippen molar-refractivity contribution in [2.75, 3.05) is 6.61 Å². The van der Waals surface area contributed by atoms with Gasteiger partial charge >= 0.3 is 6.18 Å². The fourth-order valence-electron chi connectivity index (χ4n) is 3.54. The first kappa shape index (κ1) is 21.7. The van der Waals surface area contributed by atoms with Crippen LogP contribution in [-0.4, -0.2) is 40.3 Å². The Kier molecular flexibility index (Phi) is 6.03. The maximum Gasteiger partial charge on any atom is 0.422 e. The molecule has 0 aromatic carbocycles. The molecule has 5 nitrogen and oxygen atoms in total. The highest BCUT2D eigenvalue weighted by Crippen LogP contribution is 2.43. The smallest absolute Gasteiger partial charge is 0.422 e. The van der Waals surface area contributed by atoms with E-state index >= 15 is 0 Å². The fraction of sp³-hybridized carbons (Fsp3) is 0.684. The summed E-state index contributed by atoms with van der Waals surface area (Å²) in [6.45, 7) is -1.47. The van der Waals surface area contributed by atoms with Crippen molar-refractivity contribution < 1.29 is 36.6 Å². The number of amides is 1. The summed E-state index contributed by atoms with van der Waals surface area (Å²) in [5.74, 6) is -3.39. The van der Waals surface area contributed by atoms with E-state index in [1.54, 1.807) is 6.07 Å². The second kappa shape index (κ2) is 8.04. The Balaban J connectivity index is 1.63. The van der Waals surface area contributed by atoms with Gasteiger partial charge in [-0.2, -0.15) is 13.2 Å². The van der Waals surface area contributed by atoms with E-state index in [0.717, 1.165) is 12.8 Å². The second-order valence-corrected chi connectivity index (χ2v) is 7.97. The van der Waals surface area contributed by atoms with E-state index in [-0.39, 0.29) is 31.1 Å². The predicted octanol–water partition coefficient (Wildman–Crippen LogP) is 3.92. The van der Waals surface area contributed by atoms with E-state index < -0.39 is 49.1 Å². The van der Waals surface area contributed by atoms with Gasteiger partial charge in [-0.3, -0.25) is 4.79 Å². The third kappa shape index (κ3) is 6.52. The molecular formula is C19H23F5N2O3. The van der Waals surface area contributed by atoms with Gasteiger partial charge in [0, 0.05) is 25.1 Å². The van der Waals surface area contributed by atoms with Crippen molar-refractivity contribution in [3.63, 3.8) is 0 Å². The number of hydrogen-bond acceptors (Lipinski definition) is 4. The van der Waals surface area contributed by atoms with Crippen LogP contribution in [0.1, 0.15) is 56.6 Å². The molecule has 0 radical (unpaired) electrons. The molecule has 1 amide bonds. The van der Waals surface area contributed by atoms with Crippen molar-refractivity contribution in [2.24, 2.45) is 5.92 Å². The van der Waals surface area contributed by atoms with Gasteiger partial charge in [-0.25, -0.2) is 13.8 Å². The van der Waals surface area contributed by atoms with Gasteiger partial charge in [-0.15, -0.1) is 0 Å². The van der Waals surface area contributed by atoms with E-state index in [9.17, 15) is 31.9 Å². The first-order chi connectivity index (χ1) is 13.4. The summed E-state index contributed by atoms with van der Waals surface area (Å²) in [6.07, 6.45) is -3.06. The number of ether oxygens (including phenoxy) is 1. The number of hydrogen-bond donors (Lipinski definition) is 2. The molecule has 10 heteroatoms. The number of rotatable bonds is 7. The highest BCUT2D eigenvalue weighted by Gasteiger charge is 2.44. The van der Waals surface area contributed by atoms with E-state index in [4.69, 9.17) is 0 Å². The third-order valence-electron chi connectivity index (χ3n) is 5.31. The van der Waals surface area contributed by atoms with Crippen molar-refractivity contribution in [3.8, 4) is 5.88 Å². The van der Waals surface area contributed by atoms with E-state index in [1.165, 1.54) is 12.3 Å². The first-order valence-corrected chi connectivity index (χ1v) is 9.50. The van der Waals surface area contributed by atoms with Crippen molar-refractivity contribution in [2.45, 2.75) is 68.7 Å². The quantitative estimate of drug-likeness (QED) is 0.654. The monoisotopic (exact) mass is 422 g/mol. The summed E-state index contributed by atoms with van der Waals surface area (Å²) >= 11 is 0. The lowest BCUT2D eigenvalue weighted by molar-refractivity contribution is -0.154. The molecule has 2 aliphatic carbocycles. The van der Waals surface area contributed by atoms with Crippen molar-refractivity contribution in [1.82, 2.24) is 10.3 Å². The van der Waals surface area contributed by atoms with Crippen LogP contribution in [0, 0.1) is 5.92 Å². The van der Waals surface area contributed by atoms with Gasteiger partial charge in [0.25, 0.3) is 0 Å². The first-order valence-electron chi connectivity index (χ1n) is 9.50. The number of carbonyl (C=O) groups is 1. The van der Waals surface area contributed by atoms with E-state index in [1.807, 2.05) is 0 Å². The maximum absolute atomic E-state index is 13.3. The zero-order valence-corrected chi connectivity index (χ0v) is 15.6. The SMILES string of the molecule is O=C(CC1(O)CCC(F)(F)CC1)NC(c1ccnc(OCC(F)(F)F)c1)C1CC1. The van der Waals surface area contributed by atoms with Crippen LogP contribution in [0.4, 0.5) is 22.0 Å². The van der Waals surface area contributed by atoms with Crippen LogP contribution in [0.2, 0.25) is 0 Å². The molecule has 2 N–H and O–H groups in total. The third-order valence-corrected chi connectivity index (χ3v) is 5.31. The number of halogens is 5. The van der Waals surface area contributed by atoms with Crippen LogP contribution < -0.4 is 10.1 Å². The Bertz CT molecular complexity index is 727. The minimum atomic E-state index is -4.49. The molecule has 3 rings (SSSR count). The molecule has 2 aliphatic rings. The predicted molar refractivity (Wildman–Crippen MR) is 92.4 cm³/mol. The summed E-state index contributed by atoms with van der Waals surface area (Å²) in [7, 11) is 0. The molecule has 29 heavy (non-hydrogen) atoms. The van der Waals surface area contributed by atoms with Gasteiger partial charge < -0.3 is 15.2 Å². The largest absolute Gasteiger partial charge is 0.468 e.